The first-order chi connectivity index (χ1) is 8.33. The lowest BCUT2D eigenvalue weighted by molar-refractivity contribution is -0.116. The zero-order valence-electron chi connectivity index (χ0n) is 9.85. The molecule has 1 fully saturated rings. The number of methoxy groups -OCH3 is 1. The van der Waals surface area contributed by atoms with Crippen LogP contribution in [0.15, 0.2) is 36.2 Å². The Labute approximate surface area is 101 Å². The molecule has 0 radical (unpaired) electrons. The minimum Gasteiger partial charge on any atom is -0.482 e. The zero-order chi connectivity index (χ0) is 11.8. The lowest BCUT2D eigenvalue weighted by Gasteiger charge is -2.19. The Morgan fingerprint density at radius 1 is 1.29 bits per heavy atom. The summed E-state index contributed by atoms with van der Waals surface area (Å²) in [5.74, 6) is 0.967. The van der Waals surface area contributed by atoms with E-state index in [9.17, 15) is 4.79 Å². The van der Waals surface area contributed by atoms with Crippen LogP contribution in [-0.2, 0) is 9.53 Å². The van der Waals surface area contributed by atoms with Crippen LogP contribution in [0.2, 0.25) is 0 Å². The number of hydrogen-bond acceptors (Lipinski definition) is 3. The molecule has 0 N–H and O–H groups in total. The highest BCUT2D eigenvalue weighted by Gasteiger charge is 2.43. The van der Waals surface area contributed by atoms with Crippen LogP contribution < -0.4 is 0 Å². The Balaban J connectivity index is 2.10. The molecule has 1 aromatic rings. The molecular formula is C14H15NO2. The average Bonchev–Trinajstić information content (AvgIpc) is 2.93. The van der Waals surface area contributed by atoms with Crippen LogP contribution in [0.3, 0.4) is 0 Å². The summed E-state index contributed by atoms with van der Waals surface area (Å²) in [7, 11) is 1.65. The first-order valence-corrected chi connectivity index (χ1v) is 5.97. The summed E-state index contributed by atoms with van der Waals surface area (Å²) in [6.07, 6.45) is 2.02. The Bertz CT molecular complexity index is 478. The standard InChI is InChI=1S/C14H15NO2/c1-17-14-12(10-6-3-2-4-7-10)13(16)11-8-5-9-15(11)14/h2-4,6-7,11H,5,8-9H2,1H3. The van der Waals surface area contributed by atoms with E-state index in [0.717, 1.165) is 36.4 Å². The lowest BCUT2D eigenvalue weighted by atomic mass is 9.99. The molecule has 0 amide bonds. The maximum Gasteiger partial charge on any atom is 0.201 e. The lowest BCUT2D eigenvalue weighted by Crippen LogP contribution is -2.28. The van der Waals surface area contributed by atoms with Crippen LogP contribution >= 0.6 is 0 Å². The molecule has 2 heterocycles. The highest BCUT2D eigenvalue weighted by Crippen LogP contribution is 2.38. The van der Waals surface area contributed by atoms with E-state index in [1.165, 1.54) is 0 Å². The number of benzene rings is 1. The Hall–Kier alpha value is -1.77. The van der Waals surface area contributed by atoms with E-state index in [4.69, 9.17) is 4.74 Å². The van der Waals surface area contributed by atoms with Crippen molar-refractivity contribution in [1.29, 1.82) is 0 Å². The van der Waals surface area contributed by atoms with Gasteiger partial charge in [0.2, 0.25) is 5.88 Å². The van der Waals surface area contributed by atoms with Gasteiger partial charge in [0.15, 0.2) is 5.78 Å². The van der Waals surface area contributed by atoms with Crippen molar-refractivity contribution in [2.45, 2.75) is 18.9 Å². The predicted octanol–water partition coefficient (Wildman–Crippen LogP) is 2.05. The minimum atomic E-state index is 0.0140. The third-order valence-corrected chi connectivity index (χ3v) is 3.53. The van der Waals surface area contributed by atoms with Crippen molar-refractivity contribution in [3.63, 3.8) is 0 Å². The van der Waals surface area contributed by atoms with Gasteiger partial charge in [-0.05, 0) is 18.4 Å². The van der Waals surface area contributed by atoms with Crippen molar-refractivity contribution < 1.29 is 9.53 Å². The zero-order valence-corrected chi connectivity index (χ0v) is 9.85. The molecule has 1 atom stereocenters. The molecule has 0 saturated carbocycles. The van der Waals surface area contributed by atoms with Crippen LogP contribution in [-0.4, -0.2) is 30.4 Å². The molecule has 0 aromatic heterocycles. The van der Waals surface area contributed by atoms with Gasteiger partial charge in [-0.15, -0.1) is 0 Å². The second kappa shape index (κ2) is 3.91. The molecule has 0 aliphatic carbocycles. The second-order valence-corrected chi connectivity index (χ2v) is 4.47. The summed E-state index contributed by atoms with van der Waals surface area (Å²) >= 11 is 0. The van der Waals surface area contributed by atoms with E-state index in [1.807, 2.05) is 30.3 Å². The second-order valence-electron chi connectivity index (χ2n) is 4.47. The quantitative estimate of drug-likeness (QED) is 0.777. The van der Waals surface area contributed by atoms with Gasteiger partial charge in [0.1, 0.15) is 0 Å². The van der Waals surface area contributed by atoms with Crippen molar-refractivity contribution in [2.75, 3.05) is 13.7 Å². The summed E-state index contributed by atoms with van der Waals surface area (Å²) in [5.41, 5.74) is 1.71. The number of Topliss-reactive ketones (excluding diaryl/α,β-unsaturated/α-hetero) is 1. The van der Waals surface area contributed by atoms with Gasteiger partial charge in [-0.3, -0.25) is 4.79 Å². The molecule has 3 rings (SSSR count). The van der Waals surface area contributed by atoms with Gasteiger partial charge in [-0.2, -0.15) is 0 Å². The Morgan fingerprint density at radius 2 is 2.06 bits per heavy atom. The minimum absolute atomic E-state index is 0.0140. The van der Waals surface area contributed by atoms with Gasteiger partial charge in [-0.25, -0.2) is 0 Å². The maximum absolute atomic E-state index is 12.4. The normalized spacial score (nSPS) is 23.2. The van der Waals surface area contributed by atoms with Gasteiger partial charge in [0.05, 0.1) is 18.7 Å². The molecular weight excluding hydrogens is 214 g/mol. The fourth-order valence-corrected chi connectivity index (χ4v) is 2.79. The van der Waals surface area contributed by atoms with Crippen molar-refractivity contribution in [2.24, 2.45) is 0 Å². The smallest absolute Gasteiger partial charge is 0.201 e. The first kappa shape index (κ1) is 10.4. The highest BCUT2D eigenvalue weighted by molar-refractivity contribution is 6.25. The number of hydrogen-bond donors (Lipinski definition) is 0. The summed E-state index contributed by atoms with van der Waals surface area (Å²) in [6, 6.07) is 9.80. The molecule has 3 heteroatoms. The number of ketones is 1. The third-order valence-electron chi connectivity index (χ3n) is 3.53. The number of carbonyl (C=O) groups excluding carboxylic acids is 1. The van der Waals surface area contributed by atoms with Crippen molar-refractivity contribution in [3.05, 3.63) is 41.8 Å². The Morgan fingerprint density at radius 3 is 2.76 bits per heavy atom. The summed E-state index contributed by atoms with van der Waals surface area (Å²) < 4.78 is 5.45. The van der Waals surface area contributed by atoms with Crippen LogP contribution in [0.5, 0.6) is 0 Å². The molecule has 2 aliphatic rings. The van der Waals surface area contributed by atoms with Crippen LogP contribution in [0.25, 0.3) is 5.57 Å². The van der Waals surface area contributed by atoms with Gasteiger partial charge in [-0.1, -0.05) is 30.3 Å². The fraction of sp³-hybridized carbons (Fsp3) is 0.357. The highest BCUT2D eigenvalue weighted by atomic mass is 16.5. The molecule has 0 bridgehead atoms. The Kier molecular flexibility index (Phi) is 2.39. The first-order valence-electron chi connectivity index (χ1n) is 5.97. The number of carbonyl (C=O) groups is 1. The van der Waals surface area contributed by atoms with Crippen molar-refractivity contribution >= 4 is 11.4 Å². The van der Waals surface area contributed by atoms with E-state index in [0.29, 0.717) is 0 Å². The molecule has 3 nitrogen and oxygen atoms in total. The van der Waals surface area contributed by atoms with E-state index >= 15 is 0 Å². The topological polar surface area (TPSA) is 29.5 Å². The molecule has 88 valence electrons. The van der Waals surface area contributed by atoms with Crippen LogP contribution in [0.1, 0.15) is 18.4 Å². The number of ether oxygens (including phenoxy) is 1. The summed E-state index contributed by atoms with van der Waals surface area (Å²) in [4.78, 5) is 14.5. The van der Waals surface area contributed by atoms with E-state index in [1.54, 1.807) is 7.11 Å². The average molecular weight is 229 g/mol. The van der Waals surface area contributed by atoms with E-state index in [-0.39, 0.29) is 11.8 Å². The molecule has 17 heavy (non-hydrogen) atoms. The molecule has 2 aliphatic heterocycles. The van der Waals surface area contributed by atoms with Gasteiger partial charge in [0.25, 0.3) is 0 Å². The van der Waals surface area contributed by atoms with Gasteiger partial charge >= 0.3 is 0 Å². The van der Waals surface area contributed by atoms with Gasteiger partial charge in [0, 0.05) is 6.54 Å². The van der Waals surface area contributed by atoms with Gasteiger partial charge < -0.3 is 9.64 Å². The summed E-state index contributed by atoms with van der Waals surface area (Å²) in [5, 5.41) is 0. The largest absolute Gasteiger partial charge is 0.482 e. The number of rotatable bonds is 2. The molecule has 0 spiro atoms. The summed E-state index contributed by atoms with van der Waals surface area (Å²) in [6.45, 7) is 0.927. The predicted molar refractivity (Wildman–Crippen MR) is 65.1 cm³/mol. The van der Waals surface area contributed by atoms with E-state index < -0.39 is 0 Å². The molecule has 1 aromatic carbocycles. The maximum atomic E-state index is 12.4. The SMILES string of the molecule is COC1=C(c2ccccc2)C(=O)C2CCCN12. The number of fused-ring (bicyclic) bond motifs is 1. The third kappa shape index (κ3) is 1.46. The number of nitrogens with zero attached hydrogens (tertiary/aromatic N) is 1. The van der Waals surface area contributed by atoms with Crippen LogP contribution in [0, 0.1) is 0 Å². The van der Waals surface area contributed by atoms with E-state index in [2.05, 4.69) is 4.90 Å². The fourth-order valence-electron chi connectivity index (χ4n) is 2.79. The molecule has 1 unspecified atom stereocenters. The van der Waals surface area contributed by atoms with Crippen molar-refractivity contribution in [3.8, 4) is 0 Å². The van der Waals surface area contributed by atoms with Crippen molar-refractivity contribution in [1.82, 2.24) is 4.90 Å². The monoisotopic (exact) mass is 229 g/mol. The van der Waals surface area contributed by atoms with Crippen LogP contribution in [0.4, 0.5) is 0 Å². The molecule has 1 saturated heterocycles.